The predicted molar refractivity (Wildman–Crippen MR) is 74.5 cm³/mol. The minimum absolute atomic E-state index is 0.372. The van der Waals surface area contributed by atoms with E-state index in [0.29, 0.717) is 12.2 Å². The summed E-state index contributed by atoms with van der Waals surface area (Å²) in [7, 11) is 4.99. The molecule has 1 atom stereocenters. The molecule has 0 saturated carbocycles. The average Bonchev–Trinajstić information content (AvgIpc) is 2.82. The summed E-state index contributed by atoms with van der Waals surface area (Å²) in [4.78, 5) is 14.5. The van der Waals surface area contributed by atoms with Crippen LogP contribution >= 0.6 is 0 Å². The van der Waals surface area contributed by atoms with E-state index in [0.717, 1.165) is 11.4 Å². The third-order valence-electron chi connectivity index (χ3n) is 2.83. The Morgan fingerprint density at radius 1 is 1.45 bits per heavy atom. The lowest BCUT2D eigenvalue weighted by molar-refractivity contribution is -0.205. The molecule has 1 unspecified atom stereocenters. The summed E-state index contributed by atoms with van der Waals surface area (Å²) in [5.74, 6) is 0. The van der Waals surface area contributed by atoms with Gasteiger partial charge in [0.05, 0.1) is 25.0 Å². The van der Waals surface area contributed by atoms with E-state index in [4.69, 9.17) is 5.11 Å². The van der Waals surface area contributed by atoms with Crippen molar-refractivity contribution in [2.45, 2.75) is 18.8 Å². The van der Waals surface area contributed by atoms with Crippen LogP contribution in [0.25, 0.3) is 0 Å². The number of aliphatic hydroxyl groups is 1. The molecule has 0 spiro atoms. The summed E-state index contributed by atoms with van der Waals surface area (Å²) >= 11 is 0. The fourth-order valence-corrected chi connectivity index (χ4v) is 1.52. The highest BCUT2D eigenvalue weighted by Crippen LogP contribution is 2.20. The molecule has 2 N–H and O–H groups in total. The van der Waals surface area contributed by atoms with Gasteiger partial charge in [-0.2, -0.15) is 18.3 Å². The van der Waals surface area contributed by atoms with Gasteiger partial charge in [0.25, 0.3) is 0 Å². The molecule has 1 aromatic heterocycles. The number of anilines is 1. The highest BCUT2D eigenvalue weighted by molar-refractivity contribution is 5.88. The van der Waals surface area contributed by atoms with Crippen molar-refractivity contribution >= 4 is 11.7 Å². The molecular weight excluding hydrogens is 303 g/mol. The molecule has 0 saturated heterocycles. The zero-order valence-corrected chi connectivity index (χ0v) is 12.6. The fraction of sp³-hybridized carbons (Fsp3) is 0.667. The number of rotatable bonds is 6. The van der Waals surface area contributed by atoms with Crippen LogP contribution in [0.3, 0.4) is 0 Å². The highest BCUT2D eigenvalue weighted by atomic mass is 19.4. The SMILES string of the molecule is CN(C)CCn1cc(NC(=O)N(C)CC(O)C(F)(F)F)cn1. The van der Waals surface area contributed by atoms with Gasteiger partial charge in [0, 0.05) is 19.8 Å². The Bertz CT molecular complexity index is 489. The van der Waals surface area contributed by atoms with Crippen LogP contribution in [0.4, 0.5) is 23.7 Å². The van der Waals surface area contributed by atoms with E-state index >= 15 is 0 Å². The number of hydrogen-bond acceptors (Lipinski definition) is 4. The number of carbonyl (C=O) groups is 1. The monoisotopic (exact) mass is 323 g/mol. The van der Waals surface area contributed by atoms with Crippen LogP contribution in [-0.2, 0) is 6.54 Å². The Balaban J connectivity index is 2.50. The smallest absolute Gasteiger partial charge is 0.382 e. The lowest BCUT2D eigenvalue weighted by atomic mass is 10.3. The maximum atomic E-state index is 12.2. The van der Waals surface area contributed by atoms with Crippen molar-refractivity contribution in [2.24, 2.45) is 0 Å². The molecule has 0 aliphatic carbocycles. The van der Waals surface area contributed by atoms with Gasteiger partial charge in [0.1, 0.15) is 0 Å². The fourth-order valence-electron chi connectivity index (χ4n) is 1.52. The summed E-state index contributed by atoms with van der Waals surface area (Å²) in [6.07, 6.45) is -4.35. The van der Waals surface area contributed by atoms with Crippen LogP contribution in [0.15, 0.2) is 12.4 Å². The maximum absolute atomic E-state index is 12.2. The number of carbonyl (C=O) groups excluding carboxylic acids is 1. The molecule has 1 aromatic rings. The van der Waals surface area contributed by atoms with Crippen molar-refractivity contribution < 1.29 is 23.1 Å². The number of nitrogens with zero attached hydrogens (tertiary/aromatic N) is 4. The van der Waals surface area contributed by atoms with Crippen molar-refractivity contribution in [1.29, 1.82) is 0 Å². The number of hydrogen-bond donors (Lipinski definition) is 2. The second-order valence-corrected chi connectivity index (χ2v) is 5.16. The predicted octanol–water partition coefficient (Wildman–Crippen LogP) is 0.832. The maximum Gasteiger partial charge on any atom is 0.416 e. The van der Waals surface area contributed by atoms with Crippen molar-refractivity contribution in [1.82, 2.24) is 19.6 Å². The molecule has 0 aromatic carbocycles. The van der Waals surface area contributed by atoms with E-state index < -0.39 is 24.9 Å². The molecule has 0 bridgehead atoms. The summed E-state index contributed by atoms with van der Waals surface area (Å²) < 4.78 is 38.3. The normalized spacial score (nSPS) is 13.3. The zero-order chi connectivity index (χ0) is 16.9. The van der Waals surface area contributed by atoms with Crippen molar-refractivity contribution in [3.05, 3.63) is 12.4 Å². The first-order valence-corrected chi connectivity index (χ1v) is 6.53. The second-order valence-electron chi connectivity index (χ2n) is 5.16. The van der Waals surface area contributed by atoms with Gasteiger partial charge in [0.2, 0.25) is 0 Å². The van der Waals surface area contributed by atoms with E-state index in [9.17, 15) is 18.0 Å². The van der Waals surface area contributed by atoms with Gasteiger partial charge in [-0.1, -0.05) is 0 Å². The minimum Gasteiger partial charge on any atom is -0.382 e. The van der Waals surface area contributed by atoms with Gasteiger partial charge in [-0.25, -0.2) is 4.79 Å². The van der Waals surface area contributed by atoms with Gasteiger partial charge < -0.3 is 20.2 Å². The number of nitrogens with one attached hydrogen (secondary N) is 1. The minimum atomic E-state index is -4.76. The van der Waals surface area contributed by atoms with Crippen molar-refractivity contribution in [3.8, 4) is 0 Å². The second kappa shape index (κ2) is 7.45. The number of alkyl halides is 3. The Labute approximate surface area is 126 Å². The molecule has 0 aliphatic rings. The van der Waals surface area contributed by atoms with Gasteiger partial charge in [-0.15, -0.1) is 0 Å². The quantitative estimate of drug-likeness (QED) is 0.813. The Morgan fingerprint density at radius 2 is 2.09 bits per heavy atom. The van der Waals surface area contributed by atoms with E-state index in [1.54, 1.807) is 10.9 Å². The molecule has 0 fully saturated rings. The van der Waals surface area contributed by atoms with Gasteiger partial charge >= 0.3 is 12.2 Å². The van der Waals surface area contributed by atoms with Gasteiger partial charge in [-0.05, 0) is 14.1 Å². The number of likely N-dealkylation sites (N-methyl/N-ethyl adjacent to an activating group) is 2. The molecule has 1 heterocycles. The molecule has 7 nitrogen and oxygen atoms in total. The third-order valence-corrected chi connectivity index (χ3v) is 2.83. The van der Waals surface area contributed by atoms with E-state index in [1.807, 2.05) is 19.0 Å². The topological polar surface area (TPSA) is 73.6 Å². The van der Waals surface area contributed by atoms with Crippen LogP contribution in [0.2, 0.25) is 0 Å². The molecule has 126 valence electrons. The first kappa shape index (κ1) is 18.2. The summed E-state index contributed by atoms with van der Waals surface area (Å²) in [5, 5.41) is 15.4. The highest BCUT2D eigenvalue weighted by Gasteiger charge is 2.39. The first-order chi connectivity index (χ1) is 10.1. The molecular formula is C12H20F3N5O2. The Hall–Kier alpha value is -1.81. The van der Waals surface area contributed by atoms with E-state index in [2.05, 4.69) is 10.4 Å². The van der Waals surface area contributed by atoms with Gasteiger partial charge in [0.15, 0.2) is 6.10 Å². The van der Waals surface area contributed by atoms with E-state index in [-0.39, 0.29) is 0 Å². The van der Waals surface area contributed by atoms with Gasteiger partial charge in [-0.3, -0.25) is 4.68 Å². The number of halogens is 3. The van der Waals surface area contributed by atoms with Crippen LogP contribution in [0.5, 0.6) is 0 Å². The largest absolute Gasteiger partial charge is 0.416 e. The number of aliphatic hydroxyl groups excluding tert-OH is 1. The van der Waals surface area contributed by atoms with Crippen LogP contribution in [-0.4, -0.2) is 77.2 Å². The number of aromatic nitrogens is 2. The van der Waals surface area contributed by atoms with Crippen molar-refractivity contribution in [2.75, 3.05) is 39.5 Å². The van der Waals surface area contributed by atoms with Crippen LogP contribution in [0, 0.1) is 0 Å². The molecule has 1 rings (SSSR count). The lowest BCUT2D eigenvalue weighted by Gasteiger charge is -2.22. The number of urea groups is 1. The standard InChI is InChI=1S/C12H20F3N5O2/c1-18(2)4-5-20-7-9(6-16-20)17-11(22)19(3)8-10(21)12(13,14)15/h6-7,10,21H,4-5,8H2,1-3H3,(H,17,22). The van der Waals surface area contributed by atoms with E-state index in [1.165, 1.54) is 13.2 Å². The molecule has 10 heteroatoms. The average molecular weight is 323 g/mol. The summed E-state index contributed by atoms with van der Waals surface area (Å²) in [6, 6.07) is -0.754. The zero-order valence-electron chi connectivity index (χ0n) is 12.6. The first-order valence-electron chi connectivity index (χ1n) is 6.53. The summed E-state index contributed by atoms with van der Waals surface area (Å²) in [5.41, 5.74) is 0.372. The molecule has 0 radical (unpaired) electrons. The molecule has 0 aliphatic heterocycles. The number of amides is 2. The van der Waals surface area contributed by atoms with Crippen LogP contribution in [0.1, 0.15) is 0 Å². The molecule has 2 amide bonds. The Morgan fingerprint density at radius 3 is 2.64 bits per heavy atom. The van der Waals surface area contributed by atoms with Crippen molar-refractivity contribution in [3.63, 3.8) is 0 Å². The lowest BCUT2D eigenvalue weighted by Crippen LogP contribution is -2.43. The summed E-state index contributed by atoms with van der Waals surface area (Å²) in [6.45, 7) is 0.530. The molecule has 22 heavy (non-hydrogen) atoms. The van der Waals surface area contributed by atoms with Crippen LogP contribution < -0.4 is 5.32 Å². The Kier molecular flexibility index (Phi) is 6.18. The third kappa shape index (κ3) is 5.90.